The Kier molecular flexibility index (Phi) is 3.59. The van der Waals surface area contributed by atoms with Crippen molar-refractivity contribution < 1.29 is 18.7 Å². The van der Waals surface area contributed by atoms with Crippen molar-refractivity contribution in [2.24, 2.45) is 0 Å². The standard InChI is InChI=1S/C8H13F2NO2/c9-8(10)6-3-1-2-4-11(6)7(13)5-12/h6,8,12H,1-5H2. The summed E-state index contributed by atoms with van der Waals surface area (Å²) in [6.45, 7) is -0.336. The predicted molar refractivity (Wildman–Crippen MR) is 42.4 cm³/mol. The van der Waals surface area contributed by atoms with Gasteiger partial charge in [0.05, 0.1) is 6.04 Å². The number of hydrogen-bond donors (Lipinski definition) is 1. The quantitative estimate of drug-likeness (QED) is 0.698. The van der Waals surface area contributed by atoms with E-state index in [1.54, 1.807) is 0 Å². The number of carbonyl (C=O) groups is 1. The van der Waals surface area contributed by atoms with Gasteiger partial charge in [-0.25, -0.2) is 8.78 Å². The molecule has 0 aromatic rings. The number of nitrogens with zero attached hydrogens (tertiary/aromatic N) is 1. The molecule has 0 aliphatic carbocycles. The smallest absolute Gasteiger partial charge is 0.258 e. The van der Waals surface area contributed by atoms with Gasteiger partial charge >= 0.3 is 0 Å². The molecule has 13 heavy (non-hydrogen) atoms. The molecule has 1 saturated heterocycles. The summed E-state index contributed by atoms with van der Waals surface area (Å²) >= 11 is 0. The second kappa shape index (κ2) is 4.50. The summed E-state index contributed by atoms with van der Waals surface area (Å²) in [6.07, 6.45) is -0.696. The van der Waals surface area contributed by atoms with Crippen LogP contribution in [0.4, 0.5) is 8.78 Å². The first-order valence-corrected chi connectivity index (χ1v) is 4.35. The zero-order valence-corrected chi connectivity index (χ0v) is 7.25. The van der Waals surface area contributed by atoms with Crippen molar-refractivity contribution in [2.45, 2.75) is 31.7 Å². The third kappa shape index (κ3) is 2.37. The summed E-state index contributed by atoms with van der Waals surface area (Å²) in [5.74, 6) is -0.593. The number of amides is 1. The number of aliphatic hydroxyl groups excluding tert-OH is 1. The van der Waals surface area contributed by atoms with E-state index < -0.39 is 25.0 Å². The van der Waals surface area contributed by atoms with E-state index in [0.717, 1.165) is 17.7 Å². The molecule has 1 fully saturated rings. The van der Waals surface area contributed by atoms with Crippen molar-refractivity contribution in [1.29, 1.82) is 0 Å². The first-order valence-electron chi connectivity index (χ1n) is 4.35. The van der Waals surface area contributed by atoms with Crippen LogP contribution in [0, 0.1) is 0 Å². The van der Waals surface area contributed by atoms with Gasteiger partial charge in [0, 0.05) is 6.54 Å². The third-order valence-corrected chi connectivity index (χ3v) is 2.30. The van der Waals surface area contributed by atoms with Crippen LogP contribution in [0.5, 0.6) is 0 Å². The van der Waals surface area contributed by atoms with Crippen molar-refractivity contribution in [3.63, 3.8) is 0 Å². The molecule has 1 unspecified atom stereocenters. The zero-order chi connectivity index (χ0) is 9.84. The van der Waals surface area contributed by atoms with Crippen LogP contribution in [-0.2, 0) is 4.79 Å². The SMILES string of the molecule is O=C(CO)N1CCCCC1C(F)F. The molecule has 0 aromatic carbocycles. The van der Waals surface area contributed by atoms with Crippen LogP contribution in [0.3, 0.4) is 0 Å². The predicted octanol–water partition coefficient (Wildman–Crippen LogP) is 0.625. The van der Waals surface area contributed by atoms with Gasteiger partial charge in [-0.3, -0.25) is 4.79 Å². The molecule has 5 heteroatoms. The van der Waals surface area contributed by atoms with Crippen molar-refractivity contribution >= 4 is 5.91 Å². The molecule has 76 valence electrons. The van der Waals surface area contributed by atoms with E-state index in [-0.39, 0.29) is 0 Å². The summed E-state index contributed by atoms with van der Waals surface area (Å²) in [5.41, 5.74) is 0. The first kappa shape index (κ1) is 10.4. The van der Waals surface area contributed by atoms with Crippen molar-refractivity contribution in [3.05, 3.63) is 0 Å². The molecular weight excluding hydrogens is 180 g/mol. The van der Waals surface area contributed by atoms with Crippen LogP contribution in [0.2, 0.25) is 0 Å². The average molecular weight is 193 g/mol. The maximum absolute atomic E-state index is 12.4. The van der Waals surface area contributed by atoms with Crippen LogP contribution in [0.15, 0.2) is 0 Å². The van der Waals surface area contributed by atoms with Crippen LogP contribution >= 0.6 is 0 Å². The lowest BCUT2D eigenvalue weighted by molar-refractivity contribution is -0.142. The first-order chi connectivity index (χ1) is 6.16. The van der Waals surface area contributed by atoms with Crippen molar-refractivity contribution in [2.75, 3.05) is 13.2 Å². The summed E-state index contributed by atoms with van der Waals surface area (Å²) in [7, 11) is 0. The van der Waals surface area contributed by atoms with Gasteiger partial charge in [0.2, 0.25) is 5.91 Å². The molecule has 0 aromatic heterocycles. The highest BCUT2D eigenvalue weighted by Gasteiger charge is 2.32. The maximum atomic E-state index is 12.4. The molecule has 3 nitrogen and oxygen atoms in total. The minimum absolute atomic E-state index is 0.337. The van der Waals surface area contributed by atoms with Gasteiger partial charge in [-0.1, -0.05) is 0 Å². The average Bonchev–Trinajstić information content (AvgIpc) is 2.16. The Labute approximate surface area is 75.3 Å². The van der Waals surface area contributed by atoms with E-state index in [2.05, 4.69) is 0 Å². The van der Waals surface area contributed by atoms with Crippen LogP contribution in [0.25, 0.3) is 0 Å². The van der Waals surface area contributed by atoms with Gasteiger partial charge in [0.15, 0.2) is 0 Å². The molecule has 0 bridgehead atoms. The summed E-state index contributed by atoms with van der Waals surface area (Å²) in [6, 6.07) is -0.992. The Balaban J connectivity index is 2.61. The minimum Gasteiger partial charge on any atom is -0.387 e. The van der Waals surface area contributed by atoms with Gasteiger partial charge in [-0.05, 0) is 19.3 Å². The highest BCUT2D eigenvalue weighted by Crippen LogP contribution is 2.22. The molecule has 1 rings (SSSR count). The molecule has 0 radical (unpaired) electrons. The Morgan fingerprint density at radius 2 is 2.23 bits per heavy atom. The Bertz CT molecular complexity index is 187. The Morgan fingerprint density at radius 1 is 1.54 bits per heavy atom. The van der Waals surface area contributed by atoms with Gasteiger partial charge in [-0.15, -0.1) is 0 Å². The second-order valence-corrected chi connectivity index (χ2v) is 3.14. The summed E-state index contributed by atoms with van der Waals surface area (Å²) in [4.78, 5) is 12.1. The number of alkyl halides is 2. The van der Waals surface area contributed by atoms with Crippen molar-refractivity contribution in [1.82, 2.24) is 4.90 Å². The molecule has 1 aliphatic rings. The molecule has 0 spiro atoms. The van der Waals surface area contributed by atoms with E-state index in [0.29, 0.717) is 13.0 Å². The van der Waals surface area contributed by atoms with E-state index in [9.17, 15) is 13.6 Å². The molecule has 1 heterocycles. The molecular formula is C8H13F2NO2. The molecule has 1 N–H and O–H groups in total. The highest BCUT2D eigenvalue weighted by molar-refractivity contribution is 5.77. The number of hydrogen-bond acceptors (Lipinski definition) is 2. The van der Waals surface area contributed by atoms with Gasteiger partial charge in [-0.2, -0.15) is 0 Å². The number of likely N-dealkylation sites (tertiary alicyclic amines) is 1. The fraction of sp³-hybridized carbons (Fsp3) is 0.875. The lowest BCUT2D eigenvalue weighted by Gasteiger charge is -2.34. The van der Waals surface area contributed by atoms with Crippen LogP contribution in [-0.4, -0.2) is 41.5 Å². The van der Waals surface area contributed by atoms with E-state index in [4.69, 9.17) is 5.11 Å². The number of aliphatic hydroxyl groups is 1. The van der Waals surface area contributed by atoms with Gasteiger partial charge in [0.25, 0.3) is 6.43 Å². The molecule has 1 atom stereocenters. The summed E-state index contributed by atoms with van der Waals surface area (Å²) < 4.78 is 24.8. The van der Waals surface area contributed by atoms with E-state index in [1.807, 2.05) is 0 Å². The maximum Gasteiger partial charge on any atom is 0.258 e. The fourth-order valence-electron chi connectivity index (χ4n) is 1.62. The number of halogens is 2. The second-order valence-electron chi connectivity index (χ2n) is 3.14. The van der Waals surface area contributed by atoms with E-state index >= 15 is 0 Å². The summed E-state index contributed by atoms with van der Waals surface area (Å²) in [5, 5.41) is 8.55. The monoisotopic (exact) mass is 193 g/mol. The molecule has 0 saturated carbocycles. The number of carbonyl (C=O) groups excluding carboxylic acids is 1. The van der Waals surface area contributed by atoms with Crippen LogP contribution in [0.1, 0.15) is 19.3 Å². The van der Waals surface area contributed by atoms with Gasteiger partial charge < -0.3 is 10.0 Å². The fourth-order valence-corrected chi connectivity index (χ4v) is 1.62. The lowest BCUT2D eigenvalue weighted by Crippen LogP contribution is -2.48. The minimum atomic E-state index is -2.50. The van der Waals surface area contributed by atoms with E-state index in [1.165, 1.54) is 0 Å². The number of piperidine rings is 1. The molecule has 1 aliphatic heterocycles. The normalized spacial score (nSPS) is 23.7. The highest BCUT2D eigenvalue weighted by atomic mass is 19.3. The third-order valence-electron chi connectivity index (χ3n) is 2.30. The Morgan fingerprint density at radius 3 is 2.77 bits per heavy atom. The van der Waals surface area contributed by atoms with Gasteiger partial charge in [0.1, 0.15) is 6.61 Å². The largest absolute Gasteiger partial charge is 0.387 e. The number of rotatable bonds is 2. The topological polar surface area (TPSA) is 40.5 Å². The van der Waals surface area contributed by atoms with Crippen molar-refractivity contribution in [3.8, 4) is 0 Å². The zero-order valence-electron chi connectivity index (χ0n) is 7.25. The molecule has 1 amide bonds. The van der Waals surface area contributed by atoms with Crippen LogP contribution < -0.4 is 0 Å². The lowest BCUT2D eigenvalue weighted by atomic mass is 10.0. The Hall–Kier alpha value is -0.710.